The fourth-order valence-corrected chi connectivity index (χ4v) is 18.6. The first kappa shape index (κ1) is 48.2. The van der Waals surface area contributed by atoms with Crippen LogP contribution < -0.4 is 52.2 Å². The summed E-state index contributed by atoms with van der Waals surface area (Å²) in [6.45, 7) is 0. The molecular formula is C65H58N2P4. The Morgan fingerprint density at radius 1 is 0.197 bits per heavy atom. The van der Waals surface area contributed by atoms with Gasteiger partial charge in [0.1, 0.15) is 0 Å². The van der Waals surface area contributed by atoms with Gasteiger partial charge in [-0.15, -0.1) is 0 Å². The first-order valence-corrected chi connectivity index (χ1v) is 30.5. The fraction of sp³-hybridized carbons (Fsp3) is 0.0769. The summed E-state index contributed by atoms with van der Waals surface area (Å²) in [6.07, 6.45) is 4.56. The quantitative estimate of drug-likeness (QED) is 0.0702. The van der Waals surface area contributed by atoms with Crippen LogP contribution in [-0.2, 0) is 6.42 Å². The van der Waals surface area contributed by atoms with E-state index >= 15 is 0 Å². The summed E-state index contributed by atoms with van der Waals surface area (Å²) < 4.78 is 0. The second-order valence-corrected chi connectivity index (χ2v) is 26.2. The summed E-state index contributed by atoms with van der Waals surface area (Å²) in [5.41, 5.74) is 5.15. The third-order valence-electron chi connectivity index (χ3n) is 12.8. The summed E-state index contributed by atoms with van der Waals surface area (Å²) in [6, 6.07) is 108. The van der Waals surface area contributed by atoms with Crippen molar-refractivity contribution in [3.8, 4) is 0 Å². The monoisotopic (exact) mass is 990 g/mol. The Labute approximate surface area is 426 Å². The third kappa shape index (κ3) is 12.7. The average Bonchev–Trinajstić information content (AvgIpc) is 3.45. The van der Waals surface area contributed by atoms with E-state index in [1.165, 1.54) is 64.9 Å². The lowest BCUT2D eigenvalue weighted by atomic mass is 10.0. The summed E-state index contributed by atoms with van der Waals surface area (Å²) in [5.74, 6) is 0. The van der Waals surface area contributed by atoms with Crippen molar-refractivity contribution in [2.75, 3.05) is 34.9 Å². The van der Waals surface area contributed by atoms with Crippen molar-refractivity contribution in [1.82, 2.24) is 0 Å². The van der Waals surface area contributed by atoms with Crippen molar-refractivity contribution in [2.24, 2.45) is 0 Å². The van der Waals surface area contributed by atoms with Gasteiger partial charge < -0.3 is 9.80 Å². The molecular weight excluding hydrogens is 933 g/mol. The maximum atomic E-state index is 2.68. The van der Waals surface area contributed by atoms with Crippen LogP contribution in [-0.4, -0.2) is 25.1 Å². The molecule has 0 unspecified atom stereocenters. The Morgan fingerprint density at radius 3 is 0.535 bits per heavy atom. The fourth-order valence-electron chi connectivity index (χ4n) is 9.10. The second kappa shape index (κ2) is 24.6. The largest absolute Gasteiger partial charge is 0.362 e. The Kier molecular flexibility index (Phi) is 16.7. The molecule has 0 radical (unpaired) electrons. The molecule has 0 aliphatic rings. The normalized spacial score (nSPS) is 11.3. The van der Waals surface area contributed by atoms with Gasteiger partial charge in [-0.3, -0.25) is 0 Å². The van der Waals surface area contributed by atoms with E-state index in [0.29, 0.717) is 0 Å². The van der Waals surface area contributed by atoms with Crippen molar-refractivity contribution in [1.29, 1.82) is 0 Å². The van der Waals surface area contributed by atoms with E-state index in [2.05, 4.69) is 301 Å². The summed E-state index contributed by atoms with van der Waals surface area (Å²) >= 11 is 0. The number of anilines is 2. The molecule has 348 valence electrons. The van der Waals surface area contributed by atoms with Crippen molar-refractivity contribution >= 4 is 85.5 Å². The van der Waals surface area contributed by atoms with Crippen LogP contribution in [0.25, 0.3) is 0 Å². The Balaban J connectivity index is 0.954. The second-order valence-electron chi connectivity index (χ2n) is 17.6. The molecule has 0 aliphatic carbocycles. The molecule has 0 atom stereocenters. The SMILES string of the molecule is c1ccc(P(CN(CP(c2ccccc2)c2ccccc2)c2ccc(Cc3ccc(N(CP(c4ccccc4)c4ccccc4)CP(c4ccccc4)c4ccccc4)cc3)cc2)c2ccccc2)cc1. The lowest BCUT2D eigenvalue weighted by Crippen LogP contribution is -2.32. The third-order valence-corrected chi connectivity index (χ3v) is 22.7. The number of hydrogen-bond donors (Lipinski definition) is 0. The van der Waals surface area contributed by atoms with E-state index < -0.39 is 31.7 Å². The molecule has 0 bridgehead atoms. The van der Waals surface area contributed by atoms with Gasteiger partial charge in [-0.05, 0) is 116 Å². The van der Waals surface area contributed by atoms with Gasteiger partial charge in [-0.2, -0.15) is 0 Å². The topological polar surface area (TPSA) is 6.48 Å². The van der Waals surface area contributed by atoms with Crippen LogP contribution in [0.15, 0.2) is 291 Å². The van der Waals surface area contributed by atoms with E-state index in [1.54, 1.807) is 0 Å². The minimum atomic E-state index is -0.669. The summed E-state index contributed by atoms with van der Waals surface area (Å²) in [4.78, 5) is 5.37. The smallest absolute Gasteiger partial charge is 0.0463 e. The summed E-state index contributed by atoms with van der Waals surface area (Å²) in [7, 11) is -2.68. The molecule has 71 heavy (non-hydrogen) atoms. The van der Waals surface area contributed by atoms with Gasteiger partial charge in [-0.25, -0.2) is 0 Å². The molecule has 0 fully saturated rings. The van der Waals surface area contributed by atoms with Crippen molar-refractivity contribution < 1.29 is 0 Å². The zero-order valence-corrected chi connectivity index (χ0v) is 43.5. The van der Waals surface area contributed by atoms with Gasteiger partial charge in [0.05, 0.1) is 0 Å². The van der Waals surface area contributed by atoms with E-state index in [0.717, 1.165) is 31.6 Å². The number of nitrogens with zero attached hydrogens (tertiary/aromatic N) is 2. The first-order chi connectivity index (χ1) is 35.2. The molecule has 0 N–H and O–H groups in total. The standard InChI is InChI=1S/C65H58N2P4/c1-9-25-58(26-10-1)68(59-27-11-2-12-28-59)50-66(51-69(60-29-13-3-14-30-60)61-31-15-4-16-32-61)56-45-41-54(42-46-56)49-55-43-47-57(48-44-55)67(52-70(62-33-17-5-18-34-62)63-35-19-6-20-36-63)53-71(64-37-21-7-22-38-64)65-39-23-8-24-40-65/h1-48H,49-53H2. The first-order valence-electron chi connectivity index (χ1n) is 24.4. The molecule has 2 nitrogen and oxygen atoms in total. The van der Waals surface area contributed by atoms with Crippen LogP contribution in [0.2, 0.25) is 0 Å². The van der Waals surface area contributed by atoms with Crippen molar-refractivity contribution in [3.63, 3.8) is 0 Å². The molecule has 0 aromatic heterocycles. The maximum absolute atomic E-state index is 2.68. The van der Waals surface area contributed by atoms with Crippen LogP contribution in [0.4, 0.5) is 11.4 Å². The van der Waals surface area contributed by atoms with Crippen LogP contribution in [0.1, 0.15) is 11.1 Å². The molecule has 0 amide bonds. The zero-order valence-electron chi connectivity index (χ0n) is 39.9. The molecule has 0 heterocycles. The highest BCUT2D eigenvalue weighted by Crippen LogP contribution is 2.43. The lowest BCUT2D eigenvalue weighted by Gasteiger charge is -2.34. The Morgan fingerprint density at radius 2 is 0.366 bits per heavy atom. The number of rotatable bonds is 20. The minimum Gasteiger partial charge on any atom is -0.362 e. The van der Waals surface area contributed by atoms with E-state index in [4.69, 9.17) is 0 Å². The average molecular weight is 991 g/mol. The predicted molar refractivity (Wildman–Crippen MR) is 316 cm³/mol. The van der Waals surface area contributed by atoms with Gasteiger partial charge in [0.25, 0.3) is 0 Å². The molecule has 0 aliphatic heterocycles. The minimum absolute atomic E-state index is 0.669. The van der Waals surface area contributed by atoms with Crippen LogP contribution in [0, 0.1) is 0 Å². The highest BCUT2D eigenvalue weighted by Gasteiger charge is 2.25. The molecule has 10 rings (SSSR count). The molecule has 0 saturated carbocycles. The highest BCUT2D eigenvalue weighted by molar-refractivity contribution is 7.75. The van der Waals surface area contributed by atoms with Gasteiger partial charge in [0.15, 0.2) is 0 Å². The Bertz CT molecular complexity index is 2560. The molecule has 6 heteroatoms. The van der Waals surface area contributed by atoms with Crippen LogP contribution in [0.3, 0.4) is 0 Å². The van der Waals surface area contributed by atoms with Gasteiger partial charge in [0.2, 0.25) is 0 Å². The van der Waals surface area contributed by atoms with Crippen molar-refractivity contribution in [2.45, 2.75) is 6.42 Å². The van der Waals surface area contributed by atoms with Crippen molar-refractivity contribution in [3.05, 3.63) is 302 Å². The zero-order chi connectivity index (χ0) is 47.9. The number of benzene rings is 10. The van der Waals surface area contributed by atoms with E-state index in [9.17, 15) is 0 Å². The number of hydrogen-bond acceptors (Lipinski definition) is 2. The van der Waals surface area contributed by atoms with E-state index in [1.807, 2.05) is 0 Å². The van der Waals surface area contributed by atoms with Crippen LogP contribution in [0.5, 0.6) is 0 Å². The van der Waals surface area contributed by atoms with Crippen LogP contribution >= 0.6 is 31.7 Å². The predicted octanol–water partition coefficient (Wildman–Crippen LogP) is 13.3. The summed E-state index contributed by atoms with van der Waals surface area (Å²) in [5, 5.41) is 11.2. The highest BCUT2D eigenvalue weighted by atomic mass is 31.1. The van der Waals surface area contributed by atoms with Gasteiger partial charge in [0, 0.05) is 36.5 Å². The van der Waals surface area contributed by atoms with Gasteiger partial charge in [-0.1, -0.05) is 267 Å². The molecule has 10 aromatic rings. The maximum Gasteiger partial charge on any atom is 0.0463 e. The molecule has 10 aromatic carbocycles. The Hall–Kier alpha value is -6.48. The lowest BCUT2D eigenvalue weighted by molar-refractivity contribution is 1.05. The molecule has 0 spiro atoms. The molecule has 0 saturated heterocycles. The van der Waals surface area contributed by atoms with E-state index in [-0.39, 0.29) is 0 Å². The van der Waals surface area contributed by atoms with Gasteiger partial charge >= 0.3 is 0 Å².